The van der Waals surface area contributed by atoms with Gasteiger partial charge >= 0.3 is 6.18 Å². The van der Waals surface area contributed by atoms with E-state index in [1.165, 1.54) is 0 Å². The number of H-pyrrole nitrogens is 1. The first kappa shape index (κ1) is 15.4. The van der Waals surface area contributed by atoms with Crippen LogP contribution in [0.1, 0.15) is 18.7 Å². The summed E-state index contributed by atoms with van der Waals surface area (Å²) in [5.74, 6) is -3.00. The van der Waals surface area contributed by atoms with Crippen LogP contribution in [0.15, 0.2) is 24.3 Å². The first-order chi connectivity index (χ1) is 11.4. The number of carbonyl (C=O) groups is 1. The SMILES string of the molecule is O=C(NCc1nc2ccccc2[nH]1)C1C2CCC(O2)C1C(F)(F)F. The number of aromatic nitrogens is 2. The van der Waals surface area contributed by atoms with Gasteiger partial charge in [0.1, 0.15) is 5.82 Å². The Kier molecular flexibility index (Phi) is 3.52. The van der Waals surface area contributed by atoms with E-state index in [1.807, 2.05) is 24.3 Å². The number of amides is 1. The number of para-hydroxylation sites is 2. The van der Waals surface area contributed by atoms with Crippen LogP contribution < -0.4 is 5.32 Å². The number of alkyl halides is 3. The Morgan fingerprint density at radius 3 is 2.79 bits per heavy atom. The van der Waals surface area contributed by atoms with Crippen molar-refractivity contribution in [1.29, 1.82) is 0 Å². The smallest absolute Gasteiger partial charge is 0.373 e. The van der Waals surface area contributed by atoms with Crippen molar-refractivity contribution in [2.75, 3.05) is 0 Å². The molecule has 1 amide bonds. The molecule has 4 unspecified atom stereocenters. The molecule has 1 aromatic heterocycles. The highest BCUT2D eigenvalue weighted by molar-refractivity contribution is 5.80. The normalized spacial score (nSPS) is 29.3. The Morgan fingerprint density at radius 1 is 1.29 bits per heavy atom. The monoisotopic (exact) mass is 339 g/mol. The lowest BCUT2D eigenvalue weighted by Crippen LogP contribution is -2.46. The van der Waals surface area contributed by atoms with Crippen LogP contribution in [0.2, 0.25) is 0 Å². The van der Waals surface area contributed by atoms with Crippen LogP contribution in [-0.4, -0.2) is 34.3 Å². The summed E-state index contributed by atoms with van der Waals surface area (Å²) in [6, 6.07) is 7.35. The number of nitrogens with zero attached hydrogens (tertiary/aromatic N) is 1. The third kappa shape index (κ3) is 2.54. The maximum Gasteiger partial charge on any atom is 0.395 e. The molecule has 2 N–H and O–H groups in total. The van der Waals surface area contributed by atoms with Gasteiger partial charge in [-0.2, -0.15) is 13.2 Å². The van der Waals surface area contributed by atoms with E-state index in [9.17, 15) is 18.0 Å². The zero-order valence-electron chi connectivity index (χ0n) is 12.6. The van der Waals surface area contributed by atoms with Crippen LogP contribution in [-0.2, 0) is 16.1 Å². The van der Waals surface area contributed by atoms with E-state index in [2.05, 4.69) is 15.3 Å². The van der Waals surface area contributed by atoms with Gasteiger partial charge in [-0.1, -0.05) is 12.1 Å². The minimum Gasteiger partial charge on any atom is -0.373 e. The summed E-state index contributed by atoms with van der Waals surface area (Å²) < 4.78 is 45.1. The van der Waals surface area contributed by atoms with Gasteiger partial charge in [0.2, 0.25) is 5.91 Å². The molecular formula is C16H16F3N3O2. The zero-order chi connectivity index (χ0) is 16.9. The van der Waals surface area contributed by atoms with Gasteiger partial charge in [-0.15, -0.1) is 0 Å². The van der Waals surface area contributed by atoms with Crippen molar-refractivity contribution in [3.63, 3.8) is 0 Å². The van der Waals surface area contributed by atoms with Crippen molar-refractivity contribution in [3.8, 4) is 0 Å². The Hall–Kier alpha value is -2.09. The van der Waals surface area contributed by atoms with Crippen LogP contribution in [0.3, 0.4) is 0 Å². The van der Waals surface area contributed by atoms with Crippen LogP contribution in [0.5, 0.6) is 0 Å². The molecule has 0 spiro atoms. The van der Waals surface area contributed by atoms with Gasteiger partial charge < -0.3 is 15.0 Å². The van der Waals surface area contributed by atoms with E-state index < -0.39 is 36.1 Å². The molecule has 4 rings (SSSR count). The minimum absolute atomic E-state index is 0.0615. The van der Waals surface area contributed by atoms with Gasteiger partial charge in [0.05, 0.1) is 41.6 Å². The summed E-state index contributed by atoms with van der Waals surface area (Å²) in [4.78, 5) is 19.7. The minimum atomic E-state index is -4.43. The van der Waals surface area contributed by atoms with Gasteiger partial charge in [-0.25, -0.2) is 4.98 Å². The molecule has 8 heteroatoms. The second-order valence-electron chi connectivity index (χ2n) is 6.30. The Balaban J connectivity index is 1.47. The first-order valence-corrected chi connectivity index (χ1v) is 7.87. The highest BCUT2D eigenvalue weighted by Crippen LogP contribution is 2.50. The number of imidazole rings is 1. The fourth-order valence-electron chi connectivity index (χ4n) is 3.80. The van der Waals surface area contributed by atoms with E-state index in [1.54, 1.807) is 0 Å². The van der Waals surface area contributed by atoms with Crippen molar-refractivity contribution < 1.29 is 22.7 Å². The number of nitrogens with one attached hydrogen (secondary N) is 2. The highest BCUT2D eigenvalue weighted by Gasteiger charge is 2.62. The number of hydrogen-bond acceptors (Lipinski definition) is 3. The highest BCUT2D eigenvalue weighted by atomic mass is 19.4. The van der Waals surface area contributed by atoms with E-state index in [4.69, 9.17) is 4.74 Å². The molecule has 2 aliphatic rings. The van der Waals surface area contributed by atoms with Gasteiger partial charge in [-0.05, 0) is 25.0 Å². The number of hydrogen-bond donors (Lipinski definition) is 2. The molecule has 5 nitrogen and oxygen atoms in total. The lowest BCUT2D eigenvalue weighted by atomic mass is 9.78. The second kappa shape index (κ2) is 5.47. The fraction of sp³-hybridized carbons (Fsp3) is 0.500. The number of fused-ring (bicyclic) bond motifs is 3. The molecule has 0 aliphatic carbocycles. The van der Waals surface area contributed by atoms with Crippen molar-refractivity contribution >= 4 is 16.9 Å². The molecule has 0 radical (unpaired) electrons. The average molecular weight is 339 g/mol. The predicted octanol–water partition coefficient (Wildman–Crippen LogP) is 2.54. The summed E-state index contributed by atoms with van der Waals surface area (Å²) in [7, 11) is 0. The summed E-state index contributed by atoms with van der Waals surface area (Å²) in [6.07, 6.45) is -5.10. The molecule has 4 atom stereocenters. The Labute approximate surface area is 135 Å². The molecule has 3 heterocycles. The molecule has 0 saturated carbocycles. The standard InChI is InChI=1S/C16H16F3N3O2/c17-16(18,19)14-11-6-5-10(24-11)13(14)15(23)20-7-12-21-8-3-1-2-4-9(8)22-12/h1-4,10-11,13-14H,5-7H2,(H,20,23)(H,21,22). The molecule has 1 aromatic carbocycles. The zero-order valence-corrected chi connectivity index (χ0v) is 12.6. The summed E-state index contributed by atoms with van der Waals surface area (Å²) in [5, 5.41) is 2.58. The Bertz CT molecular complexity index is 740. The third-order valence-electron chi connectivity index (χ3n) is 4.82. The topological polar surface area (TPSA) is 67.0 Å². The van der Waals surface area contributed by atoms with Gasteiger partial charge in [-0.3, -0.25) is 4.79 Å². The number of carbonyl (C=O) groups excluding carboxylic acids is 1. The van der Waals surface area contributed by atoms with Gasteiger partial charge in [0.25, 0.3) is 0 Å². The van der Waals surface area contributed by atoms with Crippen molar-refractivity contribution in [3.05, 3.63) is 30.1 Å². The van der Waals surface area contributed by atoms with Crippen molar-refractivity contribution in [2.45, 2.75) is 37.8 Å². The molecule has 128 valence electrons. The van der Waals surface area contributed by atoms with E-state index >= 15 is 0 Å². The lowest BCUT2D eigenvalue weighted by molar-refractivity contribution is -0.197. The van der Waals surface area contributed by atoms with Crippen LogP contribution >= 0.6 is 0 Å². The molecule has 2 aliphatic heterocycles. The largest absolute Gasteiger partial charge is 0.395 e. The van der Waals surface area contributed by atoms with Crippen LogP contribution in [0, 0.1) is 11.8 Å². The Morgan fingerprint density at radius 2 is 2.04 bits per heavy atom. The first-order valence-electron chi connectivity index (χ1n) is 7.87. The number of ether oxygens (including phenoxy) is 1. The molecule has 2 aromatic rings. The van der Waals surface area contributed by atoms with Crippen molar-refractivity contribution in [1.82, 2.24) is 15.3 Å². The molecule has 2 saturated heterocycles. The number of halogens is 3. The summed E-state index contributed by atoms with van der Waals surface area (Å²) >= 11 is 0. The maximum atomic E-state index is 13.3. The number of benzene rings is 1. The lowest BCUT2D eigenvalue weighted by Gasteiger charge is -2.28. The molecular weight excluding hydrogens is 323 g/mol. The predicted molar refractivity (Wildman–Crippen MR) is 78.9 cm³/mol. The van der Waals surface area contributed by atoms with Gasteiger partial charge in [0.15, 0.2) is 0 Å². The summed E-state index contributed by atoms with van der Waals surface area (Å²) in [5.41, 5.74) is 1.57. The summed E-state index contributed by atoms with van der Waals surface area (Å²) in [6.45, 7) is 0.0615. The number of aromatic amines is 1. The van der Waals surface area contributed by atoms with Crippen LogP contribution in [0.4, 0.5) is 13.2 Å². The van der Waals surface area contributed by atoms with E-state index in [0.29, 0.717) is 18.7 Å². The van der Waals surface area contributed by atoms with Crippen molar-refractivity contribution in [2.24, 2.45) is 11.8 Å². The van der Waals surface area contributed by atoms with Crippen LogP contribution in [0.25, 0.3) is 11.0 Å². The van der Waals surface area contributed by atoms with E-state index in [-0.39, 0.29) is 6.54 Å². The molecule has 24 heavy (non-hydrogen) atoms. The van der Waals surface area contributed by atoms with Gasteiger partial charge in [0, 0.05) is 0 Å². The molecule has 2 bridgehead atoms. The maximum absolute atomic E-state index is 13.3. The fourth-order valence-corrected chi connectivity index (χ4v) is 3.80. The number of rotatable bonds is 3. The molecule has 2 fully saturated rings. The second-order valence-corrected chi connectivity index (χ2v) is 6.30. The average Bonchev–Trinajstić information content (AvgIpc) is 3.24. The quantitative estimate of drug-likeness (QED) is 0.903. The van der Waals surface area contributed by atoms with E-state index in [0.717, 1.165) is 11.0 Å². The third-order valence-corrected chi connectivity index (χ3v) is 4.82.